The molecule has 0 unspecified atom stereocenters. The minimum atomic E-state index is -0.0888. The third-order valence-corrected chi connectivity index (χ3v) is 5.04. The molecule has 1 fully saturated rings. The highest BCUT2D eigenvalue weighted by Gasteiger charge is 2.44. The Morgan fingerprint density at radius 2 is 1.96 bits per heavy atom. The smallest absolute Gasteiger partial charge is 0.265 e. The number of rotatable bonds is 4. The maximum Gasteiger partial charge on any atom is 0.265 e. The van der Waals surface area contributed by atoms with Gasteiger partial charge in [-0.3, -0.25) is 9.59 Å². The summed E-state index contributed by atoms with van der Waals surface area (Å²) in [6.07, 6.45) is 0.865. The molecule has 2 atom stereocenters. The van der Waals surface area contributed by atoms with Gasteiger partial charge in [0.2, 0.25) is 5.91 Å². The number of carbonyl (C=O) groups is 2. The minimum Gasteiger partial charge on any atom is -0.344 e. The molecular formula is C17H19N3O2S. The number of anilines is 1. The fourth-order valence-electron chi connectivity index (χ4n) is 2.60. The first-order valence-electron chi connectivity index (χ1n) is 7.52. The largest absolute Gasteiger partial charge is 0.344 e. The number of benzene rings is 1. The number of aromatic nitrogens is 1. The molecule has 3 rings (SSSR count). The first kappa shape index (κ1) is 15.7. The van der Waals surface area contributed by atoms with Gasteiger partial charge >= 0.3 is 0 Å². The molecule has 1 heterocycles. The molecule has 6 heteroatoms. The van der Waals surface area contributed by atoms with Crippen molar-refractivity contribution in [3.63, 3.8) is 0 Å². The van der Waals surface area contributed by atoms with E-state index in [1.54, 1.807) is 21.0 Å². The summed E-state index contributed by atoms with van der Waals surface area (Å²) in [6.45, 7) is 1.78. The number of nitrogens with one attached hydrogen (secondary N) is 1. The number of nitrogens with zero attached hydrogens (tertiary/aromatic N) is 2. The van der Waals surface area contributed by atoms with Gasteiger partial charge in [0.15, 0.2) is 5.13 Å². The van der Waals surface area contributed by atoms with Gasteiger partial charge in [0.25, 0.3) is 5.91 Å². The first-order valence-corrected chi connectivity index (χ1v) is 8.34. The van der Waals surface area contributed by atoms with Gasteiger partial charge in [-0.2, -0.15) is 0 Å². The lowest BCUT2D eigenvalue weighted by Gasteiger charge is -2.07. The molecule has 0 spiro atoms. The predicted octanol–water partition coefficient (Wildman–Crippen LogP) is 2.90. The highest BCUT2D eigenvalue weighted by Crippen LogP contribution is 2.48. The van der Waals surface area contributed by atoms with Crippen LogP contribution >= 0.6 is 11.3 Å². The number of carbonyl (C=O) groups excluding carboxylic acids is 2. The fourth-order valence-corrected chi connectivity index (χ4v) is 3.59. The normalized spacial score (nSPS) is 19.3. The summed E-state index contributed by atoms with van der Waals surface area (Å²) in [5.74, 6) is 0.181. The zero-order valence-corrected chi connectivity index (χ0v) is 14.2. The third kappa shape index (κ3) is 3.27. The van der Waals surface area contributed by atoms with Crippen molar-refractivity contribution in [2.75, 3.05) is 19.4 Å². The SMILES string of the molecule is Cc1nc(NC(=O)[C@H]2C[C@@H]2c2ccccc2)sc1C(=O)N(C)C. The maximum absolute atomic E-state index is 12.3. The molecule has 2 amide bonds. The third-order valence-electron chi connectivity index (χ3n) is 3.98. The Labute approximate surface area is 139 Å². The number of hydrogen-bond donors (Lipinski definition) is 1. The summed E-state index contributed by atoms with van der Waals surface area (Å²) in [5, 5.41) is 3.35. The maximum atomic E-state index is 12.3. The van der Waals surface area contributed by atoms with Crippen molar-refractivity contribution in [1.82, 2.24) is 9.88 Å². The molecule has 0 aliphatic heterocycles. The average Bonchev–Trinajstić information content (AvgIpc) is 3.26. The molecule has 1 aromatic heterocycles. The number of aryl methyl sites for hydroxylation is 1. The van der Waals surface area contributed by atoms with Crippen molar-refractivity contribution in [3.8, 4) is 0 Å². The monoisotopic (exact) mass is 329 g/mol. The van der Waals surface area contributed by atoms with E-state index in [1.807, 2.05) is 18.2 Å². The van der Waals surface area contributed by atoms with E-state index in [-0.39, 0.29) is 17.7 Å². The van der Waals surface area contributed by atoms with Gasteiger partial charge in [0.05, 0.1) is 5.69 Å². The van der Waals surface area contributed by atoms with E-state index in [4.69, 9.17) is 0 Å². The van der Waals surface area contributed by atoms with E-state index < -0.39 is 0 Å². The second-order valence-corrected chi connectivity index (χ2v) is 6.98. The summed E-state index contributed by atoms with van der Waals surface area (Å²) >= 11 is 1.23. The van der Waals surface area contributed by atoms with Crippen LogP contribution in [0.5, 0.6) is 0 Å². The van der Waals surface area contributed by atoms with Crippen LogP contribution in [0.1, 0.15) is 33.3 Å². The van der Waals surface area contributed by atoms with Gasteiger partial charge in [-0.05, 0) is 24.8 Å². The van der Waals surface area contributed by atoms with Crippen LogP contribution in [0.3, 0.4) is 0 Å². The van der Waals surface area contributed by atoms with Gasteiger partial charge in [-0.25, -0.2) is 4.98 Å². The highest BCUT2D eigenvalue weighted by molar-refractivity contribution is 7.17. The van der Waals surface area contributed by atoms with Crippen molar-refractivity contribution in [2.45, 2.75) is 19.3 Å². The van der Waals surface area contributed by atoms with Crippen LogP contribution in [-0.2, 0) is 4.79 Å². The molecule has 120 valence electrons. The predicted molar refractivity (Wildman–Crippen MR) is 90.8 cm³/mol. The number of thiazole rings is 1. The molecular weight excluding hydrogens is 310 g/mol. The summed E-state index contributed by atoms with van der Waals surface area (Å²) in [6, 6.07) is 10.1. The van der Waals surface area contributed by atoms with Crippen LogP contribution in [0.15, 0.2) is 30.3 Å². The van der Waals surface area contributed by atoms with E-state index in [9.17, 15) is 9.59 Å². The second kappa shape index (κ2) is 6.12. The fraction of sp³-hybridized carbons (Fsp3) is 0.353. The Kier molecular flexibility index (Phi) is 4.17. The van der Waals surface area contributed by atoms with Gasteiger partial charge < -0.3 is 10.2 Å². The molecule has 1 aliphatic carbocycles. The second-order valence-electron chi connectivity index (χ2n) is 5.98. The summed E-state index contributed by atoms with van der Waals surface area (Å²) in [5.41, 5.74) is 1.85. The molecule has 23 heavy (non-hydrogen) atoms. The van der Waals surface area contributed by atoms with Crippen molar-refractivity contribution in [2.24, 2.45) is 5.92 Å². The Morgan fingerprint density at radius 1 is 1.26 bits per heavy atom. The van der Waals surface area contributed by atoms with Crippen LogP contribution in [-0.4, -0.2) is 35.8 Å². The van der Waals surface area contributed by atoms with Crippen LogP contribution in [0, 0.1) is 12.8 Å². The Hall–Kier alpha value is -2.21. The lowest BCUT2D eigenvalue weighted by Crippen LogP contribution is -2.21. The molecule has 0 saturated heterocycles. The quantitative estimate of drug-likeness (QED) is 0.938. The van der Waals surface area contributed by atoms with Crippen LogP contribution in [0.25, 0.3) is 0 Å². The van der Waals surface area contributed by atoms with Crippen LogP contribution < -0.4 is 5.32 Å². The molecule has 1 aliphatic rings. The van der Waals surface area contributed by atoms with Gasteiger partial charge in [0.1, 0.15) is 4.88 Å². The van der Waals surface area contributed by atoms with Crippen molar-refractivity contribution in [1.29, 1.82) is 0 Å². The standard InChI is InChI=1S/C17H19N3O2S/c1-10-14(16(22)20(2)3)23-17(18-10)19-15(21)13-9-12(13)11-7-5-4-6-8-11/h4-8,12-13H,9H2,1-3H3,(H,18,19,21)/t12-,13+/m1/s1. The first-order chi connectivity index (χ1) is 11.0. The lowest BCUT2D eigenvalue weighted by molar-refractivity contribution is -0.117. The zero-order chi connectivity index (χ0) is 16.6. The topological polar surface area (TPSA) is 62.3 Å². The average molecular weight is 329 g/mol. The van der Waals surface area contributed by atoms with Crippen LogP contribution in [0.2, 0.25) is 0 Å². The van der Waals surface area contributed by atoms with Crippen molar-refractivity contribution < 1.29 is 9.59 Å². The summed E-state index contributed by atoms with van der Waals surface area (Å²) in [4.78, 5) is 30.8. The van der Waals surface area contributed by atoms with Crippen molar-refractivity contribution >= 4 is 28.3 Å². The van der Waals surface area contributed by atoms with E-state index in [2.05, 4.69) is 22.4 Å². The van der Waals surface area contributed by atoms with E-state index in [0.717, 1.165) is 6.42 Å². The molecule has 2 aromatic rings. The van der Waals surface area contributed by atoms with E-state index in [1.165, 1.54) is 21.8 Å². The molecule has 1 aromatic carbocycles. The number of hydrogen-bond acceptors (Lipinski definition) is 4. The van der Waals surface area contributed by atoms with Crippen LogP contribution in [0.4, 0.5) is 5.13 Å². The lowest BCUT2D eigenvalue weighted by atomic mass is 10.1. The molecule has 1 N–H and O–H groups in total. The molecule has 0 bridgehead atoms. The van der Waals surface area contributed by atoms with Crippen molar-refractivity contribution in [3.05, 3.63) is 46.5 Å². The van der Waals surface area contributed by atoms with Gasteiger partial charge in [0, 0.05) is 20.0 Å². The highest BCUT2D eigenvalue weighted by atomic mass is 32.1. The Morgan fingerprint density at radius 3 is 2.61 bits per heavy atom. The minimum absolute atomic E-state index is 0.00499. The zero-order valence-electron chi connectivity index (χ0n) is 13.4. The van der Waals surface area contributed by atoms with Gasteiger partial charge in [-0.1, -0.05) is 41.7 Å². The Bertz CT molecular complexity index is 740. The van der Waals surface area contributed by atoms with Gasteiger partial charge in [-0.15, -0.1) is 0 Å². The van der Waals surface area contributed by atoms with E-state index >= 15 is 0 Å². The molecule has 5 nitrogen and oxygen atoms in total. The number of amides is 2. The summed E-state index contributed by atoms with van der Waals surface area (Å²) in [7, 11) is 3.41. The summed E-state index contributed by atoms with van der Waals surface area (Å²) < 4.78 is 0. The Balaban J connectivity index is 1.66. The molecule has 0 radical (unpaired) electrons. The molecule has 1 saturated carbocycles. The van der Waals surface area contributed by atoms with E-state index in [0.29, 0.717) is 21.6 Å².